The lowest BCUT2D eigenvalue weighted by Gasteiger charge is -2.34. The molecule has 0 bridgehead atoms. The number of fused-ring (bicyclic) bond motifs is 2. The number of phenolic OH excluding ortho intramolecular Hbond substituents is 2. The summed E-state index contributed by atoms with van der Waals surface area (Å²) in [4.78, 5) is 61.6. The first-order valence-corrected chi connectivity index (χ1v) is 13.9. The molecule has 2 atom stereocenters. The summed E-state index contributed by atoms with van der Waals surface area (Å²) in [6.07, 6.45) is -6.52. The Kier molecular flexibility index (Phi) is 7.43. The monoisotopic (exact) mass is 662 g/mol. The quantitative estimate of drug-likeness (QED) is 0.107. The van der Waals surface area contributed by atoms with Gasteiger partial charge in [-0.2, -0.15) is 13.2 Å². The molecule has 2 aliphatic rings. The van der Waals surface area contributed by atoms with E-state index in [0.717, 1.165) is 55.5 Å². The highest BCUT2D eigenvalue weighted by atomic mass is 19.4. The second-order valence-corrected chi connectivity index (χ2v) is 11.0. The first-order chi connectivity index (χ1) is 22.6. The number of hydrogen-bond acceptors (Lipinski definition) is 10. The van der Waals surface area contributed by atoms with E-state index in [0.29, 0.717) is 0 Å². The zero-order valence-corrected chi connectivity index (χ0v) is 24.3. The zero-order chi connectivity index (χ0) is 34.7. The molecular formula is C33H21F3N2O10. The Morgan fingerprint density at radius 3 is 1.73 bits per heavy atom. The summed E-state index contributed by atoms with van der Waals surface area (Å²) >= 11 is 0. The van der Waals surface area contributed by atoms with Gasteiger partial charge in [0.2, 0.25) is 6.29 Å². The zero-order valence-electron chi connectivity index (χ0n) is 24.3. The van der Waals surface area contributed by atoms with Crippen molar-refractivity contribution in [3.63, 3.8) is 0 Å². The summed E-state index contributed by atoms with van der Waals surface area (Å²) in [7, 11) is 0. The Morgan fingerprint density at radius 1 is 0.688 bits per heavy atom. The molecule has 0 radical (unpaired) electrons. The number of rotatable bonds is 6. The molecule has 2 heterocycles. The molecule has 244 valence electrons. The van der Waals surface area contributed by atoms with Gasteiger partial charge in [0, 0.05) is 16.7 Å². The number of hydrogen-bond donors (Lipinski definition) is 5. The molecule has 6 rings (SSSR count). The molecule has 5 N–H and O–H groups in total. The number of carbonyl (C=O) groups excluding carboxylic acids is 5. The Bertz CT molecular complexity index is 2090. The number of carbonyl (C=O) groups is 5. The van der Waals surface area contributed by atoms with E-state index in [4.69, 9.17) is 0 Å². The molecule has 2 aliphatic heterocycles. The highest BCUT2D eigenvalue weighted by Crippen LogP contribution is 2.48. The van der Waals surface area contributed by atoms with Crippen LogP contribution in [0.1, 0.15) is 81.7 Å². The first kappa shape index (κ1) is 31.7. The number of anilines is 2. The second-order valence-electron chi connectivity index (χ2n) is 11.0. The van der Waals surface area contributed by atoms with E-state index in [1.807, 2.05) is 0 Å². The summed E-state index contributed by atoms with van der Waals surface area (Å²) in [6.45, 7) is 0.823. The van der Waals surface area contributed by atoms with Crippen LogP contribution in [-0.2, 0) is 14.9 Å². The van der Waals surface area contributed by atoms with E-state index >= 15 is 0 Å². The molecular weight excluding hydrogens is 641 g/mol. The normalized spacial score (nSPS) is 16.4. The molecule has 0 saturated carbocycles. The maximum atomic E-state index is 15.0. The predicted molar refractivity (Wildman–Crippen MR) is 158 cm³/mol. The van der Waals surface area contributed by atoms with Crippen LogP contribution in [0.4, 0.5) is 24.5 Å². The van der Waals surface area contributed by atoms with Gasteiger partial charge in [0.25, 0.3) is 11.8 Å². The van der Waals surface area contributed by atoms with Crippen LogP contribution in [0, 0.1) is 0 Å². The van der Waals surface area contributed by atoms with Crippen molar-refractivity contribution < 1.29 is 61.9 Å². The van der Waals surface area contributed by atoms with Crippen molar-refractivity contribution in [1.82, 2.24) is 0 Å². The van der Waals surface area contributed by atoms with Crippen LogP contribution in [0.3, 0.4) is 0 Å². The molecule has 0 saturated heterocycles. The van der Waals surface area contributed by atoms with Gasteiger partial charge < -0.3 is 35.4 Å². The number of benzene rings is 4. The van der Waals surface area contributed by atoms with Gasteiger partial charge >= 0.3 is 24.1 Å². The van der Waals surface area contributed by atoms with Gasteiger partial charge in [0.15, 0.2) is 0 Å². The van der Waals surface area contributed by atoms with Crippen molar-refractivity contribution in [1.29, 1.82) is 0 Å². The lowest BCUT2D eigenvalue weighted by atomic mass is 9.75. The van der Waals surface area contributed by atoms with Crippen molar-refractivity contribution in [2.75, 3.05) is 10.6 Å². The van der Waals surface area contributed by atoms with Crippen molar-refractivity contribution in [2.45, 2.75) is 24.8 Å². The number of alkyl halides is 3. The smallest absolute Gasteiger partial charge is 0.402 e. The van der Waals surface area contributed by atoms with Crippen molar-refractivity contribution in [3.05, 3.63) is 117 Å². The molecule has 0 aliphatic carbocycles. The summed E-state index contributed by atoms with van der Waals surface area (Å²) in [5.41, 5.74) is -5.05. The molecule has 0 aromatic heterocycles. The standard InChI is InChI=1S/C33H21F3N2O10/c1-32(33(34,35)36,16-4-8-24(39)22(12-16)37-26(41)14-2-6-18-20(10-14)30(45)47-28(18)43)17-5-9-25(40)23(13-17)38-27(42)15-3-7-19-21(11-15)31(46)48-29(19)44/h2-13,28,39-40,43H,1H3,(H,37,41)(H,38,42). The number of phenols is 2. The van der Waals surface area contributed by atoms with Crippen LogP contribution in [-0.4, -0.2) is 51.2 Å². The van der Waals surface area contributed by atoms with E-state index in [1.54, 1.807) is 0 Å². The number of aliphatic hydroxyl groups excluding tert-OH is 1. The fourth-order valence-corrected chi connectivity index (χ4v) is 5.32. The van der Waals surface area contributed by atoms with Crippen LogP contribution in [0.25, 0.3) is 0 Å². The number of ether oxygens (including phenoxy) is 2. The molecule has 4 aromatic carbocycles. The van der Waals surface area contributed by atoms with E-state index in [2.05, 4.69) is 20.1 Å². The van der Waals surface area contributed by atoms with Gasteiger partial charge in [-0.15, -0.1) is 0 Å². The number of amides is 2. The van der Waals surface area contributed by atoms with Crippen LogP contribution in [0.15, 0.2) is 72.8 Å². The van der Waals surface area contributed by atoms with Gasteiger partial charge in [-0.3, -0.25) is 9.59 Å². The first-order valence-electron chi connectivity index (χ1n) is 13.9. The molecule has 2 amide bonds. The molecule has 12 nitrogen and oxygen atoms in total. The lowest BCUT2D eigenvalue weighted by Crippen LogP contribution is -2.40. The predicted octanol–water partition coefficient (Wildman–Crippen LogP) is 4.94. The Hall–Kier alpha value is -6.22. The SMILES string of the molecule is CC(c1ccc(O)c(NC(=O)c2ccc3c(c2)C(=O)OC3=O)c1)(c1ccc(O)c(NC(=O)c2ccc3c(c2)C(=O)OC3O)c1)C(F)(F)F. The molecule has 48 heavy (non-hydrogen) atoms. The number of aromatic hydroxyl groups is 2. The number of halogens is 3. The summed E-state index contributed by atoms with van der Waals surface area (Å²) in [5.74, 6) is -5.73. The number of aliphatic hydroxyl groups is 1. The minimum Gasteiger partial charge on any atom is -0.506 e. The largest absolute Gasteiger partial charge is 0.506 e. The van der Waals surface area contributed by atoms with E-state index in [9.17, 15) is 52.5 Å². The minimum atomic E-state index is -5.02. The summed E-state index contributed by atoms with van der Waals surface area (Å²) in [5, 5.41) is 35.3. The minimum absolute atomic E-state index is 0.0661. The van der Waals surface area contributed by atoms with Crippen molar-refractivity contribution >= 4 is 41.1 Å². The van der Waals surface area contributed by atoms with E-state index < -0.39 is 81.6 Å². The average Bonchev–Trinajstić information content (AvgIpc) is 3.49. The third-order valence-corrected chi connectivity index (χ3v) is 8.14. The molecule has 2 unspecified atom stereocenters. The fraction of sp³-hybridized carbons (Fsp3) is 0.121. The fourth-order valence-electron chi connectivity index (χ4n) is 5.32. The van der Waals surface area contributed by atoms with E-state index in [1.165, 1.54) is 24.3 Å². The molecule has 15 heteroatoms. The topological polar surface area (TPSA) is 189 Å². The van der Waals surface area contributed by atoms with Crippen molar-refractivity contribution in [3.8, 4) is 11.5 Å². The highest BCUT2D eigenvalue weighted by Gasteiger charge is 2.54. The summed E-state index contributed by atoms with van der Waals surface area (Å²) < 4.78 is 54.0. The Morgan fingerprint density at radius 2 is 1.19 bits per heavy atom. The van der Waals surface area contributed by atoms with Gasteiger partial charge in [-0.25, -0.2) is 14.4 Å². The molecule has 0 spiro atoms. The van der Waals surface area contributed by atoms with Crippen molar-refractivity contribution in [2.24, 2.45) is 0 Å². The third kappa shape index (κ3) is 5.25. The van der Waals surface area contributed by atoms with Gasteiger partial charge in [-0.1, -0.05) is 18.2 Å². The maximum absolute atomic E-state index is 15.0. The number of nitrogens with one attached hydrogen (secondary N) is 2. The van der Waals surface area contributed by atoms with Gasteiger partial charge in [0.05, 0.1) is 28.1 Å². The maximum Gasteiger partial charge on any atom is 0.402 e. The van der Waals surface area contributed by atoms with Crippen LogP contribution < -0.4 is 10.6 Å². The lowest BCUT2D eigenvalue weighted by molar-refractivity contribution is -0.173. The third-order valence-electron chi connectivity index (χ3n) is 8.14. The number of esters is 3. The average molecular weight is 663 g/mol. The molecule has 4 aromatic rings. The second kappa shape index (κ2) is 11.2. The molecule has 0 fully saturated rings. The Labute approximate surface area is 267 Å². The van der Waals surface area contributed by atoms with E-state index in [-0.39, 0.29) is 33.4 Å². The van der Waals surface area contributed by atoms with Gasteiger partial charge in [-0.05, 0) is 72.6 Å². The van der Waals surface area contributed by atoms with Gasteiger partial charge in [0.1, 0.15) is 16.9 Å². The van der Waals surface area contributed by atoms with Crippen LogP contribution in [0.5, 0.6) is 11.5 Å². The number of cyclic esters (lactones) is 3. The highest BCUT2D eigenvalue weighted by molar-refractivity contribution is 6.16. The summed E-state index contributed by atoms with van der Waals surface area (Å²) in [6, 6.07) is 12.8. The van der Waals surface area contributed by atoms with Crippen LogP contribution in [0.2, 0.25) is 0 Å². The van der Waals surface area contributed by atoms with Crippen LogP contribution >= 0.6 is 0 Å². The Balaban J connectivity index is 1.32.